The molecule has 0 heterocycles. The van der Waals surface area contributed by atoms with E-state index in [1.807, 2.05) is 0 Å². The van der Waals surface area contributed by atoms with Crippen molar-refractivity contribution in [1.82, 2.24) is 0 Å². The van der Waals surface area contributed by atoms with Gasteiger partial charge in [-0.15, -0.1) is 0 Å². The maximum atomic E-state index is 13.0. The maximum absolute atomic E-state index is 13.0. The van der Waals surface area contributed by atoms with E-state index in [2.05, 4.69) is 93.7 Å². The van der Waals surface area contributed by atoms with Gasteiger partial charge in [0.25, 0.3) is 0 Å². The maximum Gasteiger partial charge on any atom is 0.306 e. The minimum Gasteiger partial charge on any atom is -0.462 e. The molecule has 0 aromatic carbocycles. The summed E-state index contributed by atoms with van der Waals surface area (Å²) in [5, 5.41) is 0. The summed E-state index contributed by atoms with van der Waals surface area (Å²) >= 11 is 0. The molecular weight excluding hydrogens is 1010 g/mol. The van der Waals surface area contributed by atoms with Crippen LogP contribution < -0.4 is 0 Å². The van der Waals surface area contributed by atoms with Crippen LogP contribution in [0.3, 0.4) is 0 Å². The van der Waals surface area contributed by atoms with Gasteiger partial charge in [0.15, 0.2) is 6.10 Å². The number of hydrogen-bond acceptors (Lipinski definition) is 6. The van der Waals surface area contributed by atoms with Crippen LogP contribution in [0.25, 0.3) is 0 Å². The van der Waals surface area contributed by atoms with Crippen molar-refractivity contribution < 1.29 is 28.6 Å². The van der Waals surface area contributed by atoms with E-state index in [-0.39, 0.29) is 31.1 Å². The second-order valence-electron chi connectivity index (χ2n) is 24.1. The Balaban J connectivity index is 4.28. The van der Waals surface area contributed by atoms with Crippen molar-refractivity contribution in [2.75, 3.05) is 13.2 Å². The molecule has 1 atom stereocenters. The lowest BCUT2D eigenvalue weighted by Crippen LogP contribution is -2.30. The van der Waals surface area contributed by atoms with E-state index < -0.39 is 6.10 Å². The Morgan fingerprint density at radius 2 is 0.476 bits per heavy atom. The predicted octanol–water partition coefficient (Wildman–Crippen LogP) is 24.8. The van der Waals surface area contributed by atoms with Gasteiger partial charge >= 0.3 is 17.9 Å². The van der Waals surface area contributed by atoms with Gasteiger partial charge < -0.3 is 14.2 Å². The van der Waals surface area contributed by atoms with Gasteiger partial charge in [0.1, 0.15) is 13.2 Å². The Morgan fingerprint density at radius 3 is 0.744 bits per heavy atom. The van der Waals surface area contributed by atoms with Crippen LogP contribution in [-0.4, -0.2) is 37.2 Å². The first-order chi connectivity index (χ1) is 40.5. The number of esters is 3. The number of allylic oxidation sites excluding steroid dienone is 12. The van der Waals surface area contributed by atoms with Crippen LogP contribution in [0.2, 0.25) is 0 Å². The number of ether oxygens (including phenoxy) is 3. The highest BCUT2D eigenvalue weighted by Crippen LogP contribution is 2.18. The van der Waals surface area contributed by atoms with Crippen molar-refractivity contribution in [3.8, 4) is 0 Å². The molecule has 0 aliphatic heterocycles. The lowest BCUT2D eigenvalue weighted by molar-refractivity contribution is -0.167. The average Bonchev–Trinajstić information content (AvgIpc) is 3.47. The van der Waals surface area contributed by atoms with Crippen molar-refractivity contribution in [3.05, 3.63) is 72.9 Å². The molecule has 0 aliphatic carbocycles. The lowest BCUT2D eigenvalue weighted by Gasteiger charge is -2.18. The molecule has 6 heteroatoms. The molecule has 0 aliphatic rings. The third-order valence-electron chi connectivity index (χ3n) is 15.9. The molecular formula is C76H136O6. The fourth-order valence-electron chi connectivity index (χ4n) is 10.6. The molecule has 0 rings (SSSR count). The molecule has 0 N–H and O–H groups in total. The summed E-state index contributed by atoms with van der Waals surface area (Å²) in [6.45, 7) is 6.58. The van der Waals surface area contributed by atoms with Gasteiger partial charge in [0.2, 0.25) is 0 Å². The number of hydrogen-bond donors (Lipinski definition) is 0. The summed E-state index contributed by atoms with van der Waals surface area (Å²) in [4.78, 5) is 38.5. The normalized spacial score (nSPS) is 12.5. The highest BCUT2D eigenvalue weighted by atomic mass is 16.6. The highest BCUT2D eigenvalue weighted by Gasteiger charge is 2.19. The number of carbonyl (C=O) groups is 3. The standard InChI is InChI=1S/C76H136O6/c1-4-7-10-13-16-19-22-25-28-30-32-34-36-38-40-42-44-46-48-51-54-57-60-63-66-69-75(78)81-72-73(71-80-74(77)68-65-62-59-56-53-50-27-24-21-18-15-12-9-6-3)82-76(79)70-67-64-61-58-55-52-49-47-45-43-41-39-37-35-33-31-29-26-23-20-17-14-11-8-5-2/h7,10,16,19,23,25-26,28,31-34,73H,4-6,8-9,11-15,17-18,20-22,24,27,29-30,35-72H2,1-3H3/b10-7-,19-16-,26-23-,28-25-,33-31-,34-32-. The Morgan fingerprint density at radius 1 is 0.256 bits per heavy atom. The highest BCUT2D eigenvalue weighted by molar-refractivity contribution is 5.71. The minimum absolute atomic E-state index is 0.0710. The molecule has 0 spiro atoms. The van der Waals surface area contributed by atoms with Crippen LogP contribution in [0.15, 0.2) is 72.9 Å². The molecule has 0 saturated carbocycles. The van der Waals surface area contributed by atoms with Crippen molar-refractivity contribution in [1.29, 1.82) is 0 Å². The van der Waals surface area contributed by atoms with Crippen LogP contribution in [-0.2, 0) is 28.6 Å². The summed E-state index contributed by atoms with van der Waals surface area (Å²) in [5.41, 5.74) is 0. The number of carbonyl (C=O) groups excluding carboxylic acids is 3. The van der Waals surface area contributed by atoms with Gasteiger partial charge in [0, 0.05) is 19.3 Å². The molecule has 0 bridgehead atoms. The molecule has 0 amide bonds. The zero-order valence-electron chi connectivity index (χ0n) is 54.8. The SMILES string of the molecule is CC/C=C\C/C=C\C/C=C\C/C=C\CCCCCCCCCCCCCCC(=O)OCC(COC(=O)CCCCCCCCCCCCCCCC)OC(=O)CCCCCCCCCCCCCCC/C=C\C/C=C\CCCCCCC. The smallest absolute Gasteiger partial charge is 0.306 e. The largest absolute Gasteiger partial charge is 0.462 e. The number of rotatable bonds is 66. The quantitative estimate of drug-likeness (QED) is 0.0261. The zero-order valence-corrected chi connectivity index (χ0v) is 54.8. The summed E-state index contributed by atoms with van der Waals surface area (Å²) < 4.78 is 17.0. The second kappa shape index (κ2) is 70.3. The molecule has 0 fully saturated rings. The zero-order chi connectivity index (χ0) is 59.2. The predicted molar refractivity (Wildman–Crippen MR) is 358 cm³/mol. The first-order valence-electron chi connectivity index (χ1n) is 35.9. The van der Waals surface area contributed by atoms with Gasteiger partial charge in [-0.25, -0.2) is 0 Å². The Labute approximate surface area is 510 Å². The van der Waals surface area contributed by atoms with Gasteiger partial charge in [-0.1, -0.05) is 338 Å². The Kier molecular flexibility index (Phi) is 67.6. The fraction of sp³-hybridized carbons (Fsp3) is 0.803. The topological polar surface area (TPSA) is 78.9 Å². The molecule has 0 radical (unpaired) electrons. The second-order valence-corrected chi connectivity index (χ2v) is 24.1. The molecule has 476 valence electrons. The average molecular weight is 1150 g/mol. The van der Waals surface area contributed by atoms with Crippen molar-refractivity contribution in [2.24, 2.45) is 0 Å². The first kappa shape index (κ1) is 78.8. The van der Waals surface area contributed by atoms with Gasteiger partial charge in [-0.2, -0.15) is 0 Å². The monoisotopic (exact) mass is 1150 g/mol. The Hall–Kier alpha value is -3.15. The van der Waals surface area contributed by atoms with E-state index >= 15 is 0 Å². The summed E-state index contributed by atoms with van der Waals surface area (Å²) in [6, 6.07) is 0. The van der Waals surface area contributed by atoms with Crippen LogP contribution >= 0.6 is 0 Å². The molecule has 0 saturated heterocycles. The van der Waals surface area contributed by atoms with E-state index in [1.54, 1.807) is 0 Å². The minimum atomic E-state index is -0.776. The van der Waals surface area contributed by atoms with E-state index in [4.69, 9.17) is 14.2 Å². The van der Waals surface area contributed by atoms with Crippen LogP contribution in [0.5, 0.6) is 0 Å². The first-order valence-corrected chi connectivity index (χ1v) is 35.9. The van der Waals surface area contributed by atoms with Crippen molar-refractivity contribution >= 4 is 17.9 Å². The van der Waals surface area contributed by atoms with Gasteiger partial charge in [0.05, 0.1) is 0 Å². The van der Waals surface area contributed by atoms with Crippen molar-refractivity contribution in [2.45, 2.75) is 380 Å². The number of unbranched alkanes of at least 4 members (excludes halogenated alkanes) is 43. The molecule has 82 heavy (non-hydrogen) atoms. The third-order valence-corrected chi connectivity index (χ3v) is 15.9. The lowest BCUT2D eigenvalue weighted by atomic mass is 10.0. The summed E-state index contributed by atoms with van der Waals surface area (Å²) in [7, 11) is 0. The van der Waals surface area contributed by atoms with Crippen LogP contribution in [0, 0.1) is 0 Å². The van der Waals surface area contributed by atoms with E-state index in [0.717, 1.165) is 89.9 Å². The fourth-order valence-corrected chi connectivity index (χ4v) is 10.6. The van der Waals surface area contributed by atoms with E-state index in [9.17, 15) is 14.4 Å². The van der Waals surface area contributed by atoms with Crippen LogP contribution in [0.4, 0.5) is 0 Å². The van der Waals surface area contributed by atoms with Crippen LogP contribution in [0.1, 0.15) is 374 Å². The van der Waals surface area contributed by atoms with Gasteiger partial charge in [-0.05, 0) is 89.9 Å². The summed E-state index contributed by atoms with van der Waals surface area (Å²) in [5.74, 6) is -0.850. The third kappa shape index (κ3) is 67.6. The molecule has 0 aromatic rings. The van der Waals surface area contributed by atoms with Gasteiger partial charge in [-0.3, -0.25) is 14.4 Å². The van der Waals surface area contributed by atoms with E-state index in [0.29, 0.717) is 19.3 Å². The van der Waals surface area contributed by atoms with Crippen molar-refractivity contribution in [3.63, 3.8) is 0 Å². The molecule has 6 nitrogen and oxygen atoms in total. The summed E-state index contributed by atoms with van der Waals surface area (Å²) in [6.07, 6.45) is 92.1. The Bertz CT molecular complexity index is 1500. The van der Waals surface area contributed by atoms with E-state index in [1.165, 1.54) is 244 Å². The molecule has 1 unspecified atom stereocenters. The molecule has 0 aromatic heterocycles.